The lowest BCUT2D eigenvalue weighted by molar-refractivity contribution is -0.137. The van der Waals surface area contributed by atoms with Crippen molar-refractivity contribution in [3.8, 4) is 0 Å². The van der Waals surface area contributed by atoms with Crippen LogP contribution in [0.1, 0.15) is 5.56 Å². The van der Waals surface area contributed by atoms with E-state index < -0.39 is 21.8 Å². The normalized spacial score (nSPS) is 12.9. The van der Waals surface area contributed by atoms with Crippen molar-refractivity contribution < 1.29 is 21.6 Å². The average Bonchev–Trinajstić information content (AvgIpc) is 2.35. The Bertz CT molecular complexity index is 512. The van der Waals surface area contributed by atoms with Crippen LogP contribution in [0.25, 0.3) is 0 Å². The van der Waals surface area contributed by atoms with Crippen LogP contribution in [0, 0.1) is 0 Å². The van der Waals surface area contributed by atoms with E-state index in [-0.39, 0.29) is 11.4 Å². The Kier molecular flexibility index (Phi) is 4.94. The van der Waals surface area contributed by atoms with Gasteiger partial charge in [-0.2, -0.15) is 17.5 Å². The van der Waals surface area contributed by atoms with Crippen LogP contribution in [0.4, 0.5) is 13.2 Å². The molecule has 0 radical (unpaired) electrons. The van der Waals surface area contributed by atoms with Crippen LogP contribution in [0.3, 0.4) is 0 Å². The van der Waals surface area contributed by atoms with Gasteiger partial charge in [-0.15, -0.1) is 0 Å². The van der Waals surface area contributed by atoms with Crippen molar-refractivity contribution in [2.24, 2.45) is 0 Å². The van der Waals surface area contributed by atoms with E-state index in [9.17, 15) is 21.6 Å². The molecule has 1 rings (SSSR count). The fourth-order valence-electron chi connectivity index (χ4n) is 1.39. The maximum Gasteiger partial charge on any atom is 0.416 e. The van der Waals surface area contributed by atoms with Crippen molar-refractivity contribution in [2.75, 3.05) is 27.2 Å². The zero-order valence-corrected chi connectivity index (χ0v) is 11.3. The zero-order chi connectivity index (χ0) is 14.7. The minimum atomic E-state index is -4.47. The largest absolute Gasteiger partial charge is 0.416 e. The third-order valence-corrected chi connectivity index (χ3v) is 4.44. The molecule has 0 aliphatic rings. The molecule has 0 aliphatic heterocycles. The summed E-state index contributed by atoms with van der Waals surface area (Å²) in [6.07, 6.45) is -4.47. The molecule has 1 N–H and O–H groups in total. The molecule has 0 aliphatic carbocycles. The number of sulfonamides is 1. The van der Waals surface area contributed by atoms with Crippen molar-refractivity contribution in [1.82, 2.24) is 9.62 Å². The monoisotopic (exact) mass is 296 g/mol. The topological polar surface area (TPSA) is 49.4 Å². The predicted octanol–water partition coefficient (Wildman–Crippen LogP) is 1.55. The van der Waals surface area contributed by atoms with Crippen LogP contribution in [0.5, 0.6) is 0 Å². The van der Waals surface area contributed by atoms with E-state index in [1.165, 1.54) is 7.05 Å². The van der Waals surface area contributed by atoms with E-state index in [4.69, 9.17) is 0 Å². The highest BCUT2D eigenvalue weighted by molar-refractivity contribution is 7.89. The van der Waals surface area contributed by atoms with Crippen molar-refractivity contribution in [3.05, 3.63) is 29.8 Å². The summed E-state index contributed by atoms with van der Waals surface area (Å²) in [5, 5.41) is 2.80. The number of hydrogen-bond acceptors (Lipinski definition) is 3. The van der Waals surface area contributed by atoms with Gasteiger partial charge in [-0.1, -0.05) is 0 Å². The van der Waals surface area contributed by atoms with E-state index in [2.05, 4.69) is 5.32 Å². The molecule has 0 saturated heterocycles. The molecule has 0 saturated carbocycles. The lowest BCUT2D eigenvalue weighted by atomic mass is 10.2. The molecule has 0 amide bonds. The van der Waals surface area contributed by atoms with Gasteiger partial charge in [0.1, 0.15) is 0 Å². The zero-order valence-electron chi connectivity index (χ0n) is 10.5. The van der Waals surface area contributed by atoms with E-state index >= 15 is 0 Å². The summed E-state index contributed by atoms with van der Waals surface area (Å²) in [6, 6.07) is 3.46. The maximum atomic E-state index is 12.4. The molecular weight excluding hydrogens is 281 g/mol. The van der Waals surface area contributed by atoms with Crippen molar-refractivity contribution in [2.45, 2.75) is 11.1 Å². The quantitative estimate of drug-likeness (QED) is 0.897. The van der Waals surface area contributed by atoms with Crippen LogP contribution in [0.15, 0.2) is 29.2 Å². The molecule has 1 aromatic rings. The molecule has 0 bridgehead atoms. The summed E-state index contributed by atoms with van der Waals surface area (Å²) in [6.45, 7) is 0.691. The molecule has 4 nitrogen and oxygen atoms in total. The van der Waals surface area contributed by atoms with Gasteiger partial charge < -0.3 is 5.32 Å². The summed E-state index contributed by atoms with van der Waals surface area (Å²) in [5.74, 6) is 0. The summed E-state index contributed by atoms with van der Waals surface area (Å²) in [5.41, 5.74) is -0.871. The number of halogens is 3. The molecule has 8 heteroatoms. The fourth-order valence-corrected chi connectivity index (χ4v) is 2.56. The highest BCUT2D eigenvalue weighted by Crippen LogP contribution is 2.30. The Morgan fingerprint density at radius 3 is 2.16 bits per heavy atom. The Hall–Kier alpha value is -1.12. The van der Waals surface area contributed by atoms with Gasteiger partial charge in [0, 0.05) is 20.1 Å². The minimum absolute atomic E-state index is 0.154. The number of likely N-dealkylation sites (N-methyl/N-ethyl adjacent to an activating group) is 2. The first-order valence-corrected chi connectivity index (χ1v) is 6.92. The van der Waals surface area contributed by atoms with E-state index in [0.717, 1.165) is 28.6 Å². The summed E-state index contributed by atoms with van der Waals surface area (Å²) >= 11 is 0. The first kappa shape index (κ1) is 15.9. The van der Waals surface area contributed by atoms with E-state index in [0.29, 0.717) is 6.54 Å². The van der Waals surface area contributed by atoms with Crippen molar-refractivity contribution in [3.63, 3.8) is 0 Å². The molecule has 0 heterocycles. The number of nitrogens with zero attached hydrogens (tertiary/aromatic N) is 1. The third kappa shape index (κ3) is 3.92. The molecule has 0 aromatic heterocycles. The molecule has 19 heavy (non-hydrogen) atoms. The van der Waals surface area contributed by atoms with Crippen LogP contribution >= 0.6 is 0 Å². The number of nitrogens with one attached hydrogen (secondary N) is 1. The highest BCUT2D eigenvalue weighted by Gasteiger charge is 2.31. The molecule has 0 spiro atoms. The van der Waals surface area contributed by atoms with E-state index in [1.54, 1.807) is 7.05 Å². The van der Waals surface area contributed by atoms with Crippen LogP contribution in [0.2, 0.25) is 0 Å². The molecule has 0 atom stereocenters. The smallest absolute Gasteiger partial charge is 0.318 e. The standard InChI is InChI=1S/C11H15F3N2O2S/c1-15-7-8-16(2)19(17,18)10-5-3-9(4-6-10)11(12,13)14/h3-6,15H,7-8H2,1-2H3. The SMILES string of the molecule is CNCCN(C)S(=O)(=O)c1ccc(C(F)(F)F)cc1. The van der Waals surface area contributed by atoms with Gasteiger partial charge in [-0.3, -0.25) is 0 Å². The summed E-state index contributed by atoms with van der Waals surface area (Å²) in [7, 11) is -0.689. The van der Waals surface area contributed by atoms with Crippen LogP contribution < -0.4 is 5.32 Å². The fraction of sp³-hybridized carbons (Fsp3) is 0.455. The first-order valence-electron chi connectivity index (χ1n) is 5.48. The van der Waals surface area contributed by atoms with Gasteiger partial charge in [0.25, 0.3) is 0 Å². The number of hydrogen-bond donors (Lipinski definition) is 1. The minimum Gasteiger partial charge on any atom is -0.318 e. The van der Waals surface area contributed by atoms with Crippen LogP contribution in [-0.4, -0.2) is 39.9 Å². The number of rotatable bonds is 5. The number of alkyl halides is 3. The van der Waals surface area contributed by atoms with Gasteiger partial charge in [0.2, 0.25) is 10.0 Å². The molecule has 108 valence electrons. The van der Waals surface area contributed by atoms with Gasteiger partial charge in [-0.25, -0.2) is 8.42 Å². The maximum absolute atomic E-state index is 12.4. The van der Waals surface area contributed by atoms with Crippen molar-refractivity contribution >= 4 is 10.0 Å². The van der Waals surface area contributed by atoms with Gasteiger partial charge in [0.05, 0.1) is 10.5 Å². The Morgan fingerprint density at radius 1 is 1.21 bits per heavy atom. The highest BCUT2D eigenvalue weighted by atomic mass is 32.2. The summed E-state index contributed by atoms with van der Waals surface area (Å²) in [4.78, 5) is -0.154. The van der Waals surface area contributed by atoms with Gasteiger partial charge in [0.15, 0.2) is 0 Å². The molecule has 0 fully saturated rings. The Morgan fingerprint density at radius 2 is 1.74 bits per heavy atom. The second kappa shape index (κ2) is 5.89. The second-order valence-electron chi connectivity index (χ2n) is 3.95. The number of benzene rings is 1. The molecule has 0 unspecified atom stereocenters. The molecular formula is C11H15F3N2O2S. The van der Waals surface area contributed by atoms with E-state index in [1.807, 2.05) is 0 Å². The van der Waals surface area contributed by atoms with Crippen molar-refractivity contribution in [1.29, 1.82) is 0 Å². The average molecular weight is 296 g/mol. The first-order chi connectivity index (χ1) is 8.69. The van der Waals surface area contributed by atoms with Gasteiger partial charge in [-0.05, 0) is 31.3 Å². The third-order valence-electron chi connectivity index (χ3n) is 2.57. The second-order valence-corrected chi connectivity index (χ2v) is 6.00. The van der Waals surface area contributed by atoms with Crippen LogP contribution in [-0.2, 0) is 16.2 Å². The lowest BCUT2D eigenvalue weighted by Gasteiger charge is -2.17. The van der Waals surface area contributed by atoms with Gasteiger partial charge >= 0.3 is 6.18 Å². The summed E-state index contributed by atoms with van der Waals surface area (Å²) < 4.78 is 62.2. The Labute approximate surface area is 110 Å². The Balaban J connectivity index is 2.97. The molecule has 1 aromatic carbocycles. The predicted molar refractivity (Wildman–Crippen MR) is 65.2 cm³/mol. The lowest BCUT2D eigenvalue weighted by Crippen LogP contribution is -2.32.